The molecule has 180 valence electrons. The zero-order valence-corrected chi connectivity index (χ0v) is 19.7. The third-order valence-electron chi connectivity index (χ3n) is 6.40. The number of halogens is 3. The first kappa shape index (κ1) is 24.2. The summed E-state index contributed by atoms with van der Waals surface area (Å²) < 4.78 is 44.7. The second-order valence-corrected chi connectivity index (χ2v) is 9.44. The number of nitrogens with one attached hydrogen (secondary N) is 1. The molecule has 3 aromatic rings. The summed E-state index contributed by atoms with van der Waals surface area (Å²) in [6, 6.07) is 9.15. The van der Waals surface area contributed by atoms with Gasteiger partial charge in [-0.2, -0.15) is 19.0 Å². The number of likely N-dealkylation sites (N-methyl/N-ethyl adjacent to an activating group) is 1. The number of hydrogen-bond acceptors (Lipinski definition) is 5. The zero-order valence-electron chi connectivity index (χ0n) is 19.7. The Morgan fingerprint density at radius 1 is 1.18 bits per heavy atom. The molecule has 2 heterocycles. The summed E-state index contributed by atoms with van der Waals surface area (Å²) in [6.45, 7) is 5.49. The van der Waals surface area contributed by atoms with E-state index in [2.05, 4.69) is 33.5 Å². The van der Waals surface area contributed by atoms with Crippen molar-refractivity contribution >= 4 is 22.2 Å². The Bertz CT molecular complexity index is 1240. The summed E-state index contributed by atoms with van der Waals surface area (Å²) in [5.74, 6) is -4.80. The van der Waals surface area contributed by atoms with Crippen molar-refractivity contribution in [1.82, 2.24) is 15.1 Å². The van der Waals surface area contributed by atoms with Crippen LogP contribution in [0, 0.1) is 5.82 Å². The monoisotopic (exact) mass is 470 g/mol. The molecule has 1 atom stereocenters. The number of aromatic nitrogens is 2. The molecular formula is C26H29F3N4O. The molecule has 0 bridgehead atoms. The fraction of sp³-hybridized carbons (Fsp3) is 0.385. The third kappa shape index (κ3) is 4.52. The number of fused-ring (bicyclic) bond motifs is 1. The number of nitrogens with zero attached hydrogens (tertiary/aromatic N) is 3. The first-order valence-electron chi connectivity index (χ1n) is 11.3. The zero-order chi connectivity index (χ0) is 24.7. The van der Waals surface area contributed by atoms with Crippen molar-refractivity contribution in [3.63, 3.8) is 0 Å². The van der Waals surface area contributed by atoms with Gasteiger partial charge in [-0.25, -0.2) is 4.39 Å². The van der Waals surface area contributed by atoms with Crippen LogP contribution in [0.15, 0.2) is 48.7 Å². The van der Waals surface area contributed by atoms with E-state index >= 15 is 4.39 Å². The average molecular weight is 471 g/mol. The van der Waals surface area contributed by atoms with Gasteiger partial charge in [0.05, 0.1) is 29.0 Å². The summed E-state index contributed by atoms with van der Waals surface area (Å²) in [7, 11) is 2.08. The quantitative estimate of drug-likeness (QED) is 0.497. The summed E-state index contributed by atoms with van der Waals surface area (Å²) in [5, 5.41) is 22.2. The van der Waals surface area contributed by atoms with Crippen LogP contribution in [0.3, 0.4) is 0 Å². The molecule has 1 aromatic heterocycles. The smallest absolute Gasteiger partial charge is 0.303 e. The lowest BCUT2D eigenvalue weighted by molar-refractivity contribution is -0.170. The van der Waals surface area contributed by atoms with Crippen molar-refractivity contribution in [2.24, 2.45) is 0 Å². The molecule has 0 saturated carbocycles. The van der Waals surface area contributed by atoms with Crippen molar-refractivity contribution in [1.29, 1.82) is 0 Å². The number of rotatable bonds is 6. The van der Waals surface area contributed by atoms with Gasteiger partial charge in [0.1, 0.15) is 11.4 Å². The Morgan fingerprint density at radius 3 is 2.62 bits per heavy atom. The van der Waals surface area contributed by atoms with Crippen LogP contribution < -0.4 is 5.32 Å². The number of alkyl halides is 2. The van der Waals surface area contributed by atoms with E-state index in [-0.39, 0.29) is 5.56 Å². The van der Waals surface area contributed by atoms with E-state index in [1.165, 1.54) is 17.7 Å². The molecule has 0 unspecified atom stereocenters. The van der Waals surface area contributed by atoms with Crippen LogP contribution in [0.5, 0.6) is 0 Å². The second-order valence-electron chi connectivity index (χ2n) is 9.44. The molecule has 8 heteroatoms. The summed E-state index contributed by atoms with van der Waals surface area (Å²) in [4.78, 5) is 2.24. The molecule has 0 spiro atoms. The molecule has 0 fully saturated rings. The van der Waals surface area contributed by atoms with Crippen LogP contribution in [0.2, 0.25) is 0 Å². The summed E-state index contributed by atoms with van der Waals surface area (Å²) >= 11 is 0. The van der Waals surface area contributed by atoms with Gasteiger partial charge in [-0.3, -0.25) is 0 Å². The summed E-state index contributed by atoms with van der Waals surface area (Å²) in [5.41, 5.74) is 0.476. The predicted molar refractivity (Wildman–Crippen MR) is 128 cm³/mol. The Morgan fingerprint density at radius 2 is 1.94 bits per heavy atom. The van der Waals surface area contributed by atoms with E-state index in [0.29, 0.717) is 11.2 Å². The van der Waals surface area contributed by atoms with Gasteiger partial charge in [-0.1, -0.05) is 24.3 Å². The highest BCUT2D eigenvalue weighted by atomic mass is 19.3. The first-order chi connectivity index (χ1) is 16.0. The molecule has 2 aromatic carbocycles. The maximum Gasteiger partial charge on any atom is 0.303 e. The molecule has 1 aliphatic rings. The minimum absolute atomic E-state index is 0.0700. The largest absolute Gasteiger partial charge is 0.384 e. The number of anilines is 1. The molecule has 0 saturated heterocycles. The molecule has 0 radical (unpaired) electrons. The number of hydrogen-bond donors (Lipinski definition) is 2. The Labute approximate surface area is 197 Å². The van der Waals surface area contributed by atoms with E-state index in [9.17, 15) is 13.9 Å². The SMILES string of the molecule is C[C@@H](Nc1cnnc2ccc(C3=CCN(C)CC3)cc12)c1cccc(C(F)(F)C(C)(C)O)c1F. The van der Waals surface area contributed by atoms with Gasteiger partial charge in [-0.05, 0) is 63.6 Å². The van der Waals surface area contributed by atoms with E-state index in [0.717, 1.165) is 50.4 Å². The molecule has 0 aliphatic carbocycles. The minimum atomic E-state index is -3.76. The molecule has 5 nitrogen and oxygen atoms in total. The van der Waals surface area contributed by atoms with Gasteiger partial charge in [0, 0.05) is 24.0 Å². The summed E-state index contributed by atoms with van der Waals surface area (Å²) in [6.07, 6.45) is 4.70. The Kier molecular flexibility index (Phi) is 6.40. The molecule has 0 amide bonds. The fourth-order valence-electron chi connectivity index (χ4n) is 4.17. The average Bonchev–Trinajstić information content (AvgIpc) is 2.79. The van der Waals surface area contributed by atoms with Crippen molar-refractivity contribution in [3.05, 3.63) is 71.2 Å². The molecule has 1 aliphatic heterocycles. The van der Waals surface area contributed by atoms with Crippen LogP contribution in [0.1, 0.15) is 49.9 Å². The van der Waals surface area contributed by atoms with Gasteiger partial charge in [0.25, 0.3) is 0 Å². The van der Waals surface area contributed by atoms with Gasteiger partial charge in [0.15, 0.2) is 0 Å². The lowest BCUT2D eigenvalue weighted by Gasteiger charge is -2.30. The van der Waals surface area contributed by atoms with Crippen LogP contribution in [-0.4, -0.2) is 45.9 Å². The van der Waals surface area contributed by atoms with E-state index in [1.807, 2.05) is 18.2 Å². The fourth-order valence-corrected chi connectivity index (χ4v) is 4.17. The van der Waals surface area contributed by atoms with E-state index < -0.39 is 28.9 Å². The van der Waals surface area contributed by atoms with Crippen molar-refractivity contribution in [3.8, 4) is 0 Å². The standard InChI is InChI=1S/C26H29F3N4O/c1-16(19-6-5-7-21(24(19)27)26(28,29)25(2,3)34)31-23-15-30-32-22-9-8-18(14-20(22)23)17-10-12-33(4)13-11-17/h5-10,14-16,34H,11-13H2,1-4H3,(H,31,32)/t16-/m1/s1. The van der Waals surface area contributed by atoms with Crippen molar-refractivity contribution in [2.75, 3.05) is 25.5 Å². The third-order valence-corrected chi connectivity index (χ3v) is 6.40. The van der Waals surface area contributed by atoms with E-state index in [1.54, 1.807) is 13.1 Å². The Hall–Kier alpha value is -2.97. The van der Waals surface area contributed by atoms with E-state index in [4.69, 9.17) is 0 Å². The molecule has 34 heavy (non-hydrogen) atoms. The molecular weight excluding hydrogens is 441 g/mol. The van der Waals surface area contributed by atoms with Gasteiger partial charge < -0.3 is 15.3 Å². The maximum absolute atomic E-state index is 15.2. The van der Waals surface area contributed by atoms with Crippen LogP contribution in [0.4, 0.5) is 18.9 Å². The number of aliphatic hydroxyl groups is 1. The molecule has 2 N–H and O–H groups in total. The highest BCUT2D eigenvalue weighted by molar-refractivity contribution is 5.93. The highest BCUT2D eigenvalue weighted by Crippen LogP contribution is 2.41. The number of benzene rings is 2. The van der Waals surface area contributed by atoms with Crippen LogP contribution in [-0.2, 0) is 5.92 Å². The maximum atomic E-state index is 15.2. The predicted octanol–water partition coefficient (Wildman–Crippen LogP) is 5.52. The lowest BCUT2D eigenvalue weighted by atomic mass is 9.91. The lowest BCUT2D eigenvalue weighted by Crippen LogP contribution is -2.41. The van der Waals surface area contributed by atoms with Gasteiger partial charge in [-0.15, -0.1) is 0 Å². The Balaban J connectivity index is 1.68. The second kappa shape index (κ2) is 9.00. The van der Waals surface area contributed by atoms with Gasteiger partial charge >= 0.3 is 5.92 Å². The highest BCUT2D eigenvalue weighted by Gasteiger charge is 2.49. The molecule has 4 rings (SSSR count). The van der Waals surface area contributed by atoms with Crippen LogP contribution >= 0.6 is 0 Å². The van der Waals surface area contributed by atoms with Gasteiger partial charge in [0.2, 0.25) is 0 Å². The van der Waals surface area contributed by atoms with Crippen molar-refractivity contribution < 1.29 is 18.3 Å². The van der Waals surface area contributed by atoms with Crippen LogP contribution in [0.25, 0.3) is 16.5 Å². The minimum Gasteiger partial charge on any atom is -0.384 e. The normalized spacial score (nSPS) is 16.4. The first-order valence-corrected chi connectivity index (χ1v) is 11.3. The van der Waals surface area contributed by atoms with Crippen molar-refractivity contribution in [2.45, 2.75) is 44.8 Å². The topological polar surface area (TPSA) is 61.3 Å².